The van der Waals surface area contributed by atoms with E-state index in [0.717, 1.165) is 24.8 Å². The molecule has 0 aliphatic heterocycles. The zero-order valence-corrected chi connectivity index (χ0v) is 18.7. The van der Waals surface area contributed by atoms with Crippen LogP contribution in [0.5, 0.6) is 0 Å². The summed E-state index contributed by atoms with van der Waals surface area (Å²) in [5, 5.41) is 3.31. The Labute approximate surface area is 180 Å². The van der Waals surface area contributed by atoms with Crippen molar-refractivity contribution in [3.05, 3.63) is 42.5 Å². The standard InChI is InChI=1S/C19H17N3O3S4/c1-26-19-21-14-10-9-13-16(17(14)28-19)27-18(20-13)22-15(23)8-5-11-29(24,25)12-6-3-2-4-7-12/h2-4,6-7,9-10H,5,8,11H2,1H3,(H,20,22,23). The molecule has 0 fully saturated rings. The zero-order chi connectivity index (χ0) is 20.4. The molecule has 1 N–H and O–H groups in total. The maximum atomic E-state index is 12.3. The molecule has 4 aromatic rings. The van der Waals surface area contributed by atoms with E-state index in [-0.39, 0.29) is 29.4 Å². The molecule has 0 radical (unpaired) electrons. The summed E-state index contributed by atoms with van der Waals surface area (Å²) < 4.78 is 27.6. The highest BCUT2D eigenvalue weighted by Crippen LogP contribution is 2.38. The van der Waals surface area contributed by atoms with E-state index in [1.807, 2.05) is 18.4 Å². The van der Waals surface area contributed by atoms with Crippen molar-refractivity contribution < 1.29 is 13.2 Å². The fraction of sp³-hybridized carbons (Fsp3) is 0.211. The van der Waals surface area contributed by atoms with Crippen LogP contribution in [0.25, 0.3) is 20.4 Å². The number of nitrogens with zero attached hydrogens (tertiary/aromatic N) is 2. The molecular formula is C19H17N3O3S4. The van der Waals surface area contributed by atoms with Crippen LogP contribution in [0.2, 0.25) is 0 Å². The number of hydrogen-bond acceptors (Lipinski definition) is 8. The lowest BCUT2D eigenvalue weighted by molar-refractivity contribution is -0.116. The lowest BCUT2D eigenvalue weighted by Crippen LogP contribution is -2.14. The van der Waals surface area contributed by atoms with Gasteiger partial charge in [-0.05, 0) is 36.9 Å². The third-order valence-electron chi connectivity index (χ3n) is 4.23. The molecular weight excluding hydrogens is 446 g/mol. The highest BCUT2D eigenvalue weighted by atomic mass is 32.2. The summed E-state index contributed by atoms with van der Waals surface area (Å²) in [7, 11) is -3.37. The molecule has 0 spiro atoms. The summed E-state index contributed by atoms with van der Waals surface area (Å²) in [5.41, 5.74) is 1.75. The molecule has 0 saturated heterocycles. The second-order valence-electron chi connectivity index (χ2n) is 6.25. The molecule has 10 heteroatoms. The van der Waals surface area contributed by atoms with Crippen LogP contribution >= 0.6 is 34.4 Å². The molecule has 2 aromatic carbocycles. The lowest BCUT2D eigenvalue weighted by Gasteiger charge is -2.04. The quantitative estimate of drug-likeness (QED) is 0.395. The number of aromatic nitrogens is 2. The topological polar surface area (TPSA) is 89.0 Å². The number of hydrogen-bond donors (Lipinski definition) is 1. The van der Waals surface area contributed by atoms with E-state index in [9.17, 15) is 13.2 Å². The Kier molecular flexibility index (Phi) is 5.86. The van der Waals surface area contributed by atoms with Crippen LogP contribution in [-0.4, -0.2) is 36.3 Å². The van der Waals surface area contributed by atoms with Crippen LogP contribution in [0, 0.1) is 0 Å². The molecule has 150 valence electrons. The van der Waals surface area contributed by atoms with Crippen molar-refractivity contribution in [3.63, 3.8) is 0 Å². The van der Waals surface area contributed by atoms with Gasteiger partial charge in [0.25, 0.3) is 0 Å². The minimum Gasteiger partial charge on any atom is -0.302 e. The number of amides is 1. The first-order chi connectivity index (χ1) is 14.0. The number of sulfone groups is 1. The molecule has 4 rings (SSSR count). The van der Waals surface area contributed by atoms with Crippen LogP contribution in [0.1, 0.15) is 12.8 Å². The Bertz CT molecular complexity index is 1280. The van der Waals surface area contributed by atoms with Crippen LogP contribution < -0.4 is 5.32 Å². The second-order valence-corrected chi connectivity index (χ2v) is 11.4. The Morgan fingerprint density at radius 2 is 1.72 bits per heavy atom. The van der Waals surface area contributed by atoms with E-state index in [1.54, 1.807) is 53.4 Å². The van der Waals surface area contributed by atoms with Crippen molar-refractivity contribution in [1.82, 2.24) is 9.97 Å². The number of benzene rings is 2. The fourth-order valence-corrected chi connectivity index (χ4v) is 6.85. The van der Waals surface area contributed by atoms with Crippen molar-refractivity contribution >= 4 is 75.7 Å². The smallest absolute Gasteiger partial charge is 0.226 e. The van der Waals surface area contributed by atoms with E-state index >= 15 is 0 Å². The van der Waals surface area contributed by atoms with Crippen LogP contribution in [0.15, 0.2) is 51.7 Å². The van der Waals surface area contributed by atoms with Crippen molar-refractivity contribution in [2.24, 2.45) is 0 Å². The maximum Gasteiger partial charge on any atom is 0.226 e. The minimum absolute atomic E-state index is 0.0662. The Morgan fingerprint density at radius 1 is 1.03 bits per heavy atom. The van der Waals surface area contributed by atoms with Crippen molar-refractivity contribution in [2.75, 3.05) is 17.3 Å². The number of anilines is 1. The molecule has 6 nitrogen and oxygen atoms in total. The normalized spacial score (nSPS) is 11.9. The molecule has 0 aliphatic carbocycles. The highest BCUT2D eigenvalue weighted by molar-refractivity contribution is 8.00. The van der Waals surface area contributed by atoms with Crippen molar-refractivity contribution in [1.29, 1.82) is 0 Å². The molecule has 0 atom stereocenters. The summed E-state index contributed by atoms with van der Waals surface area (Å²) in [6.45, 7) is 0. The number of carbonyl (C=O) groups is 1. The molecule has 2 aromatic heterocycles. The number of rotatable bonds is 7. The van der Waals surface area contributed by atoms with Gasteiger partial charge in [0.1, 0.15) is 0 Å². The van der Waals surface area contributed by atoms with E-state index in [1.165, 1.54) is 11.3 Å². The van der Waals surface area contributed by atoms with Gasteiger partial charge in [0.15, 0.2) is 19.3 Å². The summed E-state index contributed by atoms with van der Waals surface area (Å²) in [6, 6.07) is 12.1. The SMILES string of the molecule is CSc1nc2ccc3nc(NC(=O)CCCS(=O)(=O)c4ccccc4)sc3c2s1. The summed E-state index contributed by atoms with van der Waals surface area (Å²) in [6.07, 6.45) is 2.37. The molecule has 29 heavy (non-hydrogen) atoms. The molecule has 0 saturated carbocycles. The first-order valence-corrected chi connectivity index (χ1v) is 13.3. The van der Waals surface area contributed by atoms with Crippen LogP contribution in [0.4, 0.5) is 5.13 Å². The van der Waals surface area contributed by atoms with Gasteiger partial charge in [-0.1, -0.05) is 41.3 Å². The Morgan fingerprint density at radius 3 is 2.45 bits per heavy atom. The van der Waals surface area contributed by atoms with Crippen molar-refractivity contribution in [3.8, 4) is 0 Å². The number of nitrogens with one attached hydrogen (secondary N) is 1. The number of carbonyl (C=O) groups excluding carboxylic acids is 1. The molecule has 0 bridgehead atoms. The molecule has 2 heterocycles. The third-order valence-corrected chi connectivity index (χ3v) is 9.26. The minimum atomic E-state index is -3.37. The summed E-state index contributed by atoms with van der Waals surface area (Å²) in [5.74, 6) is -0.305. The average Bonchev–Trinajstić information content (AvgIpc) is 3.31. The molecule has 0 unspecified atom stereocenters. The monoisotopic (exact) mass is 463 g/mol. The van der Waals surface area contributed by atoms with Gasteiger partial charge in [0.2, 0.25) is 5.91 Å². The Hall–Kier alpha value is -2.01. The van der Waals surface area contributed by atoms with Gasteiger partial charge >= 0.3 is 0 Å². The van der Waals surface area contributed by atoms with Crippen LogP contribution in [0.3, 0.4) is 0 Å². The van der Waals surface area contributed by atoms with Gasteiger partial charge in [0.05, 0.1) is 31.1 Å². The first-order valence-electron chi connectivity index (χ1n) is 8.78. The van der Waals surface area contributed by atoms with Gasteiger partial charge in [-0.15, -0.1) is 11.3 Å². The van der Waals surface area contributed by atoms with Gasteiger partial charge in [-0.25, -0.2) is 18.4 Å². The summed E-state index contributed by atoms with van der Waals surface area (Å²) >= 11 is 4.63. The Balaban J connectivity index is 1.41. The van der Waals surface area contributed by atoms with E-state index in [2.05, 4.69) is 15.3 Å². The average molecular weight is 464 g/mol. The fourth-order valence-electron chi connectivity index (χ4n) is 2.84. The molecule has 1 amide bonds. The highest BCUT2D eigenvalue weighted by Gasteiger charge is 2.16. The van der Waals surface area contributed by atoms with Gasteiger partial charge in [-0.3, -0.25) is 4.79 Å². The van der Waals surface area contributed by atoms with E-state index in [4.69, 9.17) is 0 Å². The number of fused-ring (bicyclic) bond motifs is 3. The van der Waals surface area contributed by atoms with Crippen molar-refractivity contribution in [2.45, 2.75) is 22.1 Å². The first kappa shape index (κ1) is 20.3. The lowest BCUT2D eigenvalue weighted by atomic mass is 10.3. The van der Waals surface area contributed by atoms with Gasteiger partial charge in [0, 0.05) is 6.42 Å². The maximum absolute atomic E-state index is 12.3. The van der Waals surface area contributed by atoms with Gasteiger partial charge < -0.3 is 5.32 Å². The third kappa shape index (κ3) is 4.45. The van der Waals surface area contributed by atoms with Gasteiger partial charge in [-0.2, -0.15) is 0 Å². The number of thiazole rings is 2. The molecule has 0 aliphatic rings. The summed E-state index contributed by atoms with van der Waals surface area (Å²) in [4.78, 5) is 21.6. The van der Waals surface area contributed by atoms with E-state index < -0.39 is 9.84 Å². The second kappa shape index (κ2) is 8.39. The predicted octanol–water partition coefficient (Wildman–Crippen LogP) is 4.82. The van der Waals surface area contributed by atoms with E-state index in [0.29, 0.717) is 5.13 Å². The van der Waals surface area contributed by atoms with Crippen LogP contribution in [-0.2, 0) is 14.6 Å². The number of thioether (sulfide) groups is 1. The largest absolute Gasteiger partial charge is 0.302 e. The zero-order valence-electron chi connectivity index (χ0n) is 15.4. The predicted molar refractivity (Wildman–Crippen MR) is 121 cm³/mol.